The molecule has 2 saturated heterocycles. The number of nitrogens with one attached hydrogen (secondary N) is 2. The van der Waals surface area contributed by atoms with Crippen LogP contribution in [0, 0.1) is 5.92 Å². The lowest BCUT2D eigenvalue weighted by molar-refractivity contribution is -0.162. The van der Waals surface area contributed by atoms with Crippen LogP contribution in [0.25, 0.3) is 0 Å². The normalized spacial score (nSPS) is 29.4. The molecule has 4 aliphatic rings. The number of carbonyl (C=O) groups is 6. The molecule has 0 radical (unpaired) electrons. The maximum absolute atomic E-state index is 14.3. The summed E-state index contributed by atoms with van der Waals surface area (Å²) in [5.74, 6) is -1.87. The molecule has 5 amide bonds. The summed E-state index contributed by atoms with van der Waals surface area (Å²) in [6.07, 6.45) is 1.35. The minimum absolute atomic E-state index is 0.0600. The number of alkyl carbamates (subject to hydrolysis) is 1. The number of ether oxygens (including phenoxy) is 4. The van der Waals surface area contributed by atoms with Gasteiger partial charge >= 0.3 is 12.1 Å². The zero-order chi connectivity index (χ0) is 49.6. The zero-order valence-electron chi connectivity index (χ0n) is 39.4. The fourth-order valence-corrected chi connectivity index (χ4v) is 10.9. The largest absolute Gasteiger partial charge is 0.495 e. The Labute approximate surface area is 404 Å². The molecule has 5 rings (SSSR count). The molecule has 4 bridgehead atoms. The molecule has 0 saturated carbocycles. The van der Waals surface area contributed by atoms with Crippen molar-refractivity contribution in [2.45, 2.75) is 133 Å². The van der Waals surface area contributed by atoms with E-state index in [4.69, 9.17) is 30.5 Å². The quantitative estimate of drug-likeness (QED) is 0.0723. The van der Waals surface area contributed by atoms with Crippen LogP contribution in [0.15, 0.2) is 48.1 Å². The molecule has 4 heterocycles. The van der Waals surface area contributed by atoms with Crippen molar-refractivity contribution >= 4 is 74.6 Å². The van der Waals surface area contributed by atoms with E-state index in [9.17, 15) is 44.1 Å². The second-order valence-electron chi connectivity index (χ2n) is 18.3. The highest BCUT2D eigenvalue weighted by Crippen LogP contribution is 2.49. The van der Waals surface area contributed by atoms with Crippen LogP contribution in [0.3, 0.4) is 0 Å². The first kappa shape index (κ1) is 53.6. The Hall–Kier alpha value is -4.31. The molecule has 2 fully saturated rings. The third-order valence-corrected chi connectivity index (χ3v) is 16.4. The molecule has 9 atom stereocenters. The highest BCUT2D eigenvalue weighted by molar-refractivity contribution is 8.77. The van der Waals surface area contributed by atoms with Gasteiger partial charge in [0.2, 0.25) is 23.6 Å². The van der Waals surface area contributed by atoms with Crippen molar-refractivity contribution in [1.29, 1.82) is 0 Å². The molecule has 0 spiro atoms. The van der Waals surface area contributed by atoms with E-state index in [2.05, 4.69) is 10.6 Å². The predicted octanol–water partition coefficient (Wildman–Crippen LogP) is 4.02. The zero-order valence-corrected chi connectivity index (χ0v) is 41.8. The molecule has 1 aromatic rings. The van der Waals surface area contributed by atoms with Gasteiger partial charge in [-0.2, -0.15) is 0 Å². The van der Waals surface area contributed by atoms with Crippen LogP contribution in [0.5, 0.6) is 5.75 Å². The number of benzene rings is 1. The summed E-state index contributed by atoms with van der Waals surface area (Å²) in [5, 5.41) is 37.8. The lowest BCUT2D eigenvalue weighted by Gasteiger charge is -2.41. The van der Waals surface area contributed by atoms with Crippen LogP contribution < -0.4 is 20.3 Å². The summed E-state index contributed by atoms with van der Waals surface area (Å²) in [6, 6.07) is 2.43. The minimum atomic E-state index is -2.09. The molecular weight excluding hydrogens is 930 g/mol. The van der Waals surface area contributed by atoms with Gasteiger partial charge < -0.3 is 54.3 Å². The van der Waals surface area contributed by atoms with Crippen LogP contribution in [0.4, 0.5) is 10.5 Å². The number of allylic oxidation sites excluding steroid dienone is 3. The number of epoxide rings is 1. The highest BCUT2D eigenvalue weighted by atomic mass is 35.5. The Morgan fingerprint density at radius 1 is 1.16 bits per heavy atom. The van der Waals surface area contributed by atoms with Crippen molar-refractivity contribution in [2.24, 2.45) is 5.92 Å². The van der Waals surface area contributed by atoms with Crippen molar-refractivity contribution in [3.63, 3.8) is 0 Å². The lowest BCUT2D eigenvalue weighted by atomic mass is 9.83. The minimum Gasteiger partial charge on any atom is -0.495 e. The average molecular weight is 995 g/mol. The molecule has 370 valence electrons. The molecule has 21 heteroatoms. The fraction of sp³-hybridized carbons (Fsp3) is 0.609. The summed E-state index contributed by atoms with van der Waals surface area (Å²) in [7, 11) is 7.61. The molecule has 5 N–H and O–H groups in total. The Bertz CT molecular complexity index is 2140. The number of rotatable bonds is 15. The van der Waals surface area contributed by atoms with E-state index in [1.54, 1.807) is 56.0 Å². The number of anilines is 1. The number of likely N-dealkylation sites (N-methyl/N-ethyl adjacent to an activating group) is 1. The van der Waals surface area contributed by atoms with Gasteiger partial charge in [0.25, 0.3) is 0 Å². The molecule has 4 aliphatic heterocycles. The maximum Gasteiger partial charge on any atom is 0.409 e. The van der Waals surface area contributed by atoms with E-state index < -0.39 is 71.9 Å². The van der Waals surface area contributed by atoms with Gasteiger partial charge in [-0.15, -0.1) is 0 Å². The van der Waals surface area contributed by atoms with Gasteiger partial charge in [-0.3, -0.25) is 24.5 Å². The number of hydrogen-bond acceptors (Lipinski definition) is 15. The number of carbonyl (C=O) groups excluding carboxylic acids is 6. The third-order valence-electron chi connectivity index (χ3n) is 12.6. The molecule has 18 nitrogen and oxygen atoms in total. The number of hydrogen-bond donors (Lipinski definition) is 5. The summed E-state index contributed by atoms with van der Waals surface area (Å²) in [6.45, 7) is 11.3. The van der Waals surface area contributed by atoms with Crippen LogP contribution in [0.1, 0.15) is 79.2 Å². The first-order valence-electron chi connectivity index (χ1n) is 22.1. The number of methoxy groups -OCH3 is 1. The van der Waals surface area contributed by atoms with Crippen LogP contribution in [-0.4, -0.2) is 154 Å². The van der Waals surface area contributed by atoms with Gasteiger partial charge in [-0.25, -0.2) is 9.59 Å². The second kappa shape index (κ2) is 22.4. The molecule has 0 aliphatic carbocycles. The number of nitrogens with zero attached hydrogens (tertiary/aromatic N) is 3. The summed E-state index contributed by atoms with van der Waals surface area (Å²) in [5.41, 5.74) is -1.45. The van der Waals surface area contributed by atoms with Gasteiger partial charge in [0.15, 0.2) is 5.72 Å². The number of halogens is 1. The fourth-order valence-electron chi connectivity index (χ4n) is 8.07. The number of esters is 1. The van der Waals surface area contributed by atoms with Crippen LogP contribution in [-0.2, 0) is 44.6 Å². The number of fused-ring (bicyclic) bond motifs is 5. The van der Waals surface area contributed by atoms with Crippen LogP contribution >= 0.6 is 33.2 Å². The standard InChI is InChI=1S/C46H64ClN5O13S2/c1-26-11-10-12-33(53)46(61)25-32(63-43(60)49-46)27(2)41-45(6,65-41)34(24-39(58)51(8)30-22-29(21-26)23-31(62-9)40(30)47)64-42(59)28(3)50(7)36(55)15-17-44(4,5)67-66-20-18-48-35(54)16-19-52-37(56)13-14-38(52)57/h10-14,22-23,27-28,32-34,37,41,53,56,61H,15-21,24-25H2,1-9H3,(H,48,54)(H,49,60)/b12-10+,26-11+/t27-,28+,32+,33-,34+,37?,41+,45+,46+/m1/s1. The smallest absolute Gasteiger partial charge is 0.409 e. The highest BCUT2D eigenvalue weighted by Gasteiger charge is 2.64. The topological polar surface area (TPSA) is 237 Å². The Morgan fingerprint density at radius 3 is 2.55 bits per heavy atom. The Kier molecular flexibility index (Phi) is 17.9. The first-order valence-corrected chi connectivity index (χ1v) is 24.8. The van der Waals surface area contributed by atoms with Gasteiger partial charge in [-0.05, 0) is 71.2 Å². The lowest BCUT2D eigenvalue weighted by Crippen LogP contribution is -2.63. The number of aliphatic hydroxyl groups excluding tert-OH is 2. The second-order valence-corrected chi connectivity index (χ2v) is 21.8. The van der Waals surface area contributed by atoms with E-state index in [1.807, 2.05) is 20.8 Å². The Morgan fingerprint density at radius 2 is 1.88 bits per heavy atom. The van der Waals surface area contributed by atoms with Crippen molar-refractivity contribution < 1.29 is 63.0 Å². The summed E-state index contributed by atoms with van der Waals surface area (Å²) < 4.78 is 23.2. The molecule has 0 aromatic heterocycles. The number of amides is 5. The monoisotopic (exact) mass is 993 g/mol. The van der Waals surface area contributed by atoms with Crippen molar-refractivity contribution in [2.75, 3.05) is 44.9 Å². The molecule has 1 aromatic carbocycles. The van der Waals surface area contributed by atoms with E-state index in [0.29, 0.717) is 36.6 Å². The first-order chi connectivity index (χ1) is 31.4. The molecule has 1 unspecified atom stereocenters. The van der Waals surface area contributed by atoms with E-state index in [0.717, 1.165) is 11.1 Å². The Balaban J connectivity index is 1.25. The number of aliphatic hydroxyl groups is 3. The van der Waals surface area contributed by atoms with Crippen molar-refractivity contribution in [3.05, 3.63) is 58.7 Å². The van der Waals surface area contributed by atoms with E-state index >= 15 is 0 Å². The maximum atomic E-state index is 14.3. The summed E-state index contributed by atoms with van der Waals surface area (Å²) >= 11 is 6.78. The van der Waals surface area contributed by atoms with Crippen molar-refractivity contribution in [3.8, 4) is 5.75 Å². The predicted molar refractivity (Wildman–Crippen MR) is 254 cm³/mol. The average Bonchev–Trinajstić information content (AvgIpc) is 3.87. The van der Waals surface area contributed by atoms with E-state index in [1.165, 1.54) is 64.8 Å². The van der Waals surface area contributed by atoms with E-state index in [-0.39, 0.29) is 59.7 Å². The molecule has 67 heavy (non-hydrogen) atoms. The van der Waals surface area contributed by atoms with Crippen LogP contribution in [0.2, 0.25) is 5.02 Å². The van der Waals surface area contributed by atoms with Gasteiger partial charge in [0, 0.05) is 68.9 Å². The molecular formula is C46H64ClN5O13S2. The van der Waals surface area contributed by atoms with Gasteiger partial charge in [0.05, 0.1) is 25.3 Å². The van der Waals surface area contributed by atoms with Gasteiger partial charge in [0.1, 0.15) is 47.0 Å². The van der Waals surface area contributed by atoms with Gasteiger partial charge in [-0.1, -0.05) is 63.9 Å². The summed E-state index contributed by atoms with van der Waals surface area (Å²) in [4.78, 5) is 82.6. The van der Waals surface area contributed by atoms with Crippen molar-refractivity contribution in [1.82, 2.24) is 20.4 Å². The SMILES string of the molecule is COc1cc2cc(c1Cl)N(C)C(=O)C[C@H](OC(=O)[C@H](C)N(C)C(=O)CCC(C)(C)SSCCNC(=O)CCN1C(=O)C=CC1O)[C@]1(C)O[C@H]1[C@H](C)[C@@H]1C[C@@](O)(NC(=O)O1)[C@H](O)/C=C/C=C(\C)C2. The third kappa shape index (κ3) is 13.5.